The molecule has 0 aliphatic heterocycles. The highest BCUT2D eigenvalue weighted by molar-refractivity contribution is 6.03. The highest BCUT2D eigenvalue weighted by Gasteiger charge is 2.18. The van der Waals surface area contributed by atoms with Gasteiger partial charge in [0, 0.05) is 29.2 Å². The molecule has 2 aromatic heterocycles. The minimum absolute atomic E-state index is 0.647. The van der Waals surface area contributed by atoms with Crippen molar-refractivity contribution in [2.45, 2.75) is 6.92 Å². The van der Waals surface area contributed by atoms with Crippen LogP contribution in [-0.2, 0) is 0 Å². The molecule has 0 saturated heterocycles. The van der Waals surface area contributed by atoms with Crippen LogP contribution in [0.5, 0.6) is 11.5 Å². The smallest absolute Gasteiger partial charge is 0.162 e. The lowest BCUT2D eigenvalue weighted by Crippen LogP contribution is -1.99. The summed E-state index contributed by atoms with van der Waals surface area (Å²) in [5, 5.41) is 4.40. The molecule has 5 aromatic rings. The first-order valence-corrected chi connectivity index (χ1v) is 10.7. The average Bonchev–Trinajstić information content (AvgIpc) is 3.25. The number of ether oxygens (including phenoxy) is 2. The van der Waals surface area contributed by atoms with Crippen LogP contribution in [-0.4, -0.2) is 28.8 Å². The molecule has 6 heteroatoms. The van der Waals surface area contributed by atoms with Crippen LogP contribution < -0.4 is 14.8 Å². The van der Waals surface area contributed by atoms with Crippen molar-refractivity contribution in [2.75, 3.05) is 19.5 Å². The monoisotopic (exact) mass is 436 g/mol. The van der Waals surface area contributed by atoms with Gasteiger partial charge >= 0.3 is 0 Å². The summed E-state index contributed by atoms with van der Waals surface area (Å²) in [5.74, 6) is 2.04. The number of nitrogens with zero attached hydrogens (tertiary/aromatic N) is 3. The van der Waals surface area contributed by atoms with Crippen molar-refractivity contribution < 1.29 is 9.47 Å². The zero-order valence-corrected chi connectivity index (χ0v) is 18.7. The van der Waals surface area contributed by atoms with Crippen LogP contribution in [0.4, 0.5) is 11.5 Å². The van der Waals surface area contributed by atoms with Gasteiger partial charge in [0.2, 0.25) is 0 Å². The minimum Gasteiger partial charge on any atom is -0.493 e. The van der Waals surface area contributed by atoms with Gasteiger partial charge in [0.05, 0.1) is 19.6 Å². The molecule has 0 fully saturated rings. The molecular weight excluding hydrogens is 412 g/mol. The summed E-state index contributed by atoms with van der Waals surface area (Å²) in [5.41, 5.74) is 6.06. The summed E-state index contributed by atoms with van der Waals surface area (Å²) in [6.07, 6.45) is 3.72. The SMILES string of the molecule is COc1ccc(Nc2ncnc3c2c(-c2ccccc2)cn3-c2cccc(C)c2)cc1OC. The van der Waals surface area contributed by atoms with Crippen molar-refractivity contribution in [1.82, 2.24) is 14.5 Å². The molecule has 0 radical (unpaired) electrons. The zero-order chi connectivity index (χ0) is 22.8. The molecule has 5 rings (SSSR count). The van der Waals surface area contributed by atoms with E-state index in [1.54, 1.807) is 20.5 Å². The Morgan fingerprint density at radius 1 is 0.818 bits per heavy atom. The number of rotatable bonds is 6. The normalized spacial score (nSPS) is 10.9. The van der Waals surface area contributed by atoms with Crippen LogP contribution in [0.15, 0.2) is 85.3 Å². The molecule has 0 amide bonds. The van der Waals surface area contributed by atoms with E-state index in [4.69, 9.17) is 9.47 Å². The molecule has 33 heavy (non-hydrogen) atoms. The Morgan fingerprint density at radius 2 is 1.64 bits per heavy atom. The Bertz CT molecular complexity index is 1430. The van der Waals surface area contributed by atoms with Crippen molar-refractivity contribution in [1.29, 1.82) is 0 Å². The molecule has 3 aromatic carbocycles. The summed E-state index contributed by atoms with van der Waals surface area (Å²) in [7, 11) is 3.25. The number of aromatic nitrogens is 3. The highest BCUT2D eigenvalue weighted by atomic mass is 16.5. The molecular formula is C27H24N4O2. The van der Waals surface area contributed by atoms with Gasteiger partial charge in [-0.15, -0.1) is 0 Å². The van der Waals surface area contributed by atoms with Gasteiger partial charge < -0.3 is 19.4 Å². The van der Waals surface area contributed by atoms with Crippen LogP contribution in [0, 0.1) is 6.92 Å². The van der Waals surface area contributed by atoms with E-state index < -0.39 is 0 Å². The van der Waals surface area contributed by atoms with Gasteiger partial charge in [-0.1, -0.05) is 42.5 Å². The third-order valence-electron chi connectivity index (χ3n) is 5.59. The molecule has 0 bridgehead atoms. The van der Waals surface area contributed by atoms with Crippen LogP contribution in [0.3, 0.4) is 0 Å². The fraction of sp³-hybridized carbons (Fsp3) is 0.111. The van der Waals surface area contributed by atoms with Crippen molar-refractivity contribution in [3.05, 3.63) is 90.9 Å². The predicted octanol–water partition coefficient (Wildman–Crippen LogP) is 6.16. The molecule has 0 spiro atoms. The van der Waals surface area contributed by atoms with Crippen molar-refractivity contribution >= 4 is 22.5 Å². The molecule has 1 N–H and O–H groups in total. The van der Waals surface area contributed by atoms with Crippen LogP contribution in [0.25, 0.3) is 27.8 Å². The third-order valence-corrected chi connectivity index (χ3v) is 5.59. The van der Waals surface area contributed by atoms with E-state index in [-0.39, 0.29) is 0 Å². The zero-order valence-electron chi connectivity index (χ0n) is 18.7. The number of benzene rings is 3. The number of methoxy groups -OCH3 is 2. The Kier molecular flexibility index (Phi) is 5.40. The van der Waals surface area contributed by atoms with Crippen molar-refractivity contribution in [3.63, 3.8) is 0 Å². The third kappa shape index (κ3) is 3.87. The Hall–Kier alpha value is -4.32. The van der Waals surface area contributed by atoms with Gasteiger partial charge in [-0.2, -0.15) is 0 Å². The number of nitrogens with one attached hydrogen (secondary N) is 1. The average molecular weight is 437 g/mol. The molecule has 2 heterocycles. The first-order chi connectivity index (χ1) is 16.2. The second kappa shape index (κ2) is 8.67. The molecule has 0 unspecified atom stereocenters. The highest BCUT2D eigenvalue weighted by Crippen LogP contribution is 2.37. The number of hydrogen-bond acceptors (Lipinski definition) is 5. The largest absolute Gasteiger partial charge is 0.493 e. The fourth-order valence-corrected chi connectivity index (χ4v) is 4.02. The molecule has 0 aliphatic carbocycles. The van der Waals surface area contributed by atoms with Crippen LogP contribution in [0.1, 0.15) is 5.56 Å². The van der Waals surface area contributed by atoms with Gasteiger partial charge in [0.25, 0.3) is 0 Å². The van der Waals surface area contributed by atoms with Gasteiger partial charge in [0.1, 0.15) is 12.1 Å². The Labute approximate surface area is 192 Å². The number of fused-ring (bicyclic) bond motifs is 1. The van der Waals surface area contributed by atoms with Crippen molar-refractivity contribution in [2.24, 2.45) is 0 Å². The van der Waals surface area contributed by atoms with Gasteiger partial charge in [0.15, 0.2) is 17.1 Å². The van der Waals surface area contributed by atoms with E-state index in [9.17, 15) is 0 Å². The second-order valence-corrected chi connectivity index (χ2v) is 7.73. The van der Waals surface area contributed by atoms with Gasteiger partial charge in [-0.05, 0) is 42.3 Å². The first-order valence-electron chi connectivity index (χ1n) is 10.7. The molecule has 164 valence electrons. The number of anilines is 2. The van der Waals surface area contributed by atoms with E-state index in [2.05, 4.69) is 69.4 Å². The van der Waals surface area contributed by atoms with E-state index in [0.717, 1.165) is 39.4 Å². The number of aryl methyl sites for hydroxylation is 1. The topological polar surface area (TPSA) is 61.2 Å². The van der Waals surface area contributed by atoms with E-state index >= 15 is 0 Å². The lowest BCUT2D eigenvalue weighted by molar-refractivity contribution is 0.355. The summed E-state index contributed by atoms with van der Waals surface area (Å²) >= 11 is 0. The maximum absolute atomic E-state index is 5.47. The Balaban J connectivity index is 1.70. The predicted molar refractivity (Wildman–Crippen MR) is 132 cm³/mol. The summed E-state index contributed by atoms with van der Waals surface area (Å²) < 4.78 is 13.0. The van der Waals surface area contributed by atoms with Crippen molar-refractivity contribution in [3.8, 4) is 28.3 Å². The number of hydrogen-bond donors (Lipinski definition) is 1. The summed E-state index contributed by atoms with van der Waals surface area (Å²) in [6, 6.07) is 24.4. The standard InChI is InChI=1S/C27H24N4O2/c1-18-8-7-11-21(14-18)31-16-22(19-9-5-4-6-10-19)25-26(28-17-29-27(25)31)30-20-12-13-23(32-2)24(15-20)33-3/h4-17H,1-3H3,(H,28,29,30). The summed E-state index contributed by atoms with van der Waals surface area (Å²) in [6.45, 7) is 2.09. The lowest BCUT2D eigenvalue weighted by atomic mass is 10.1. The van der Waals surface area contributed by atoms with Gasteiger partial charge in [-0.25, -0.2) is 9.97 Å². The Morgan fingerprint density at radius 3 is 2.39 bits per heavy atom. The summed E-state index contributed by atoms with van der Waals surface area (Å²) in [4.78, 5) is 9.27. The van der Waals surface area contributed by atoms with E-state index in [1.165, 1.54) is 5.56 Å². The molecule has 0 saturated carbocycles. The minimum atomic E-state index is 0.647. The maximum Gasteiger partial charge on any atom is 0.162 e. The lowest BCUT2D eigenvalue weighted by Gasteiger charge is -2.12. The molecule has 0 atom stereocenters. The quantitative estimate of drug-likeness (QED) is 0.346. The maximum atomic E-state index is 5.47. The van der Waals surface area contributed by atoms with Gasteiger partial charge in [-0.3, -0.25) is 0 Å². The van der Waals surface area contributed by atoms with E-state index in [1.807, 2.05) is 36.4 Å². The first kappa shape index (κ1) is 20.6. The van der Waals surface area contributed by atoms with Crippen LogP contribution >= 0.6 is 0 Å². The van der Waals surface area contributed by atoms with Crippen LogP contribution in [0.2, 0.25) is 0 Å². The second-order valence-electron chi connectivity index (χ2n) is 7.73. The molecule has 6 nitrogen and oxygen atoms in total. The van der Waals surface area contributed by atoms with E-state index in [0.29, 0.717) is 11.5 Å². The molecule has 0 aliphatic rings. The fourth-order valence-electron chi connectivity index (χ4n) is 4.02.